The van der Waals surface area contributed by atoms with Gasteiger partial charge in [0.25, 0.3) is 0 Å². The van der Waals surface area contributed by atoms with Crippen LogP contribution in [0.1, 0.15) is 40.5 Å². The standard InChI is InChI=1S/C8H19O2PS2.Zn/c1-5-7(3)9-11(12,13)10-8(4)6-2;/h7-8H,5-6H2,1-4H3,(H,12,13);/q;+2. The summed E-state index contributed by atoms with van der Waals surface area (Å²) < 4.78 is 11.1. The summed E-state index contributed by atoms with van der Waals surface area (Å²) in [6.45, 7) is 8.07. The molecule has 0 radical (unpaired) electrons. The Labute approximate surface area is 111 Å². The predicted molar refractivity (Wildman–Crippen MR) is 64.9 cm³/mol. The van der Waals surface area contributed by atoms with Gasteiger partial charge in [-0.15, -0.1) is 0 Å². The molecule has 0 aliphatic rings. The molecule has 80 valence electrons. The second kappa shape index (κ2) is 8.67. The van der Waals surface area contributed by atoms with Crippen molar-refractivity contribution in [2.45, 2.75) is 52.7 Å². The van der Waals surface area contributed by atoms with E-state index in [0.29, 0.717) is 0 Å². The molecule has 6 heteroatoms. The fourth-order valence-corrected chi connectivity index (χ4v) is 3.73. The molecule has 2 nitrogen and oxygen atoms in total. The Morgan fingerprint density at radius 2 is 1.43 bits per heavy atom. The predicted octanol–water partition coefficient (Wildman–Crippen LogP) is 3.77. The molecule has 0 aromatic carbocycles. The first kappa shape index (κ1) is 17.9. The van der Waals surface area contributed by atoms with Crippen LogP contribution < -0.4 is 0 Å². The van der Waals surface area contributed by atoms with Gasteiger partial charge in [0, 0.05) is 0 Å². The van der Waals surface area contributed by atoms with E-state index in [1.54, 1.807) is 0 Å². The molecule has 2 unspecified atom stereocenters. The second-order valence-electron chi connectivity index (χ2n) is 3.12. The third-order valence-electron chi connectivity index (χ3n) is 1.78. The largest absolute Gasteiger partial charge is 2.00 e. The van der Waals surface area contributed by atoms with Gasteiger partial charge in [-0.2, -0.15) is 0 Å². The van der Waals surface area contributed by atoms with Crippen LogP contribution in [0.4, 0.5) is 0 Å². The summed E-state index contributed by atoms with van der Waals surface area (Å²) in [6.07, 6.45) is 2.13. The van der Waals surface area contributed by atoms with Crippen LogP contribution in [0, 0.1) is 0 Å². The summed E-state index contributed by atoms with van der Waals surface area (Å²) in [4.78, 5) is 0. The third-order valence-corrected chi connectivity index (χ3v) is 4.11. The minimum absolute atomic E-state index is 0. The van der Waals surface area contributed by atoms with Gasteiger partial charge in [0.15, 0.2) is 0 Å². The maximum Gasteiger partial charge on any atom is 2.00 e. The third kappa shape index (κ3) is 8.82. The molecular weight excluding hydrogens is 289 g/mol. The zero-order valence-electron chi connectivity index (χ0n) is 9.40. The zero-order valence-corrected chi connectivity index (χ0v) is 15.0. The van der Waals surface area contributed by atoms with E-state index >= 15 is 0 Å². The van der Waals surface area contributed by atoms with Crippen LogP contribution in [0.5, 0.6) is 0 Å². The monoisotopic (exact) mass is 306 g/mol. The van der Waals surface area contributed by atoms with Crippen molar-refractivity contribution >= 4 is 29.7 Å². The van der Waals surface area contributed by atoms with Gasteiger partial charge < -0.3 is 9.05 Å². The Balaban J connectivity index is 0. The molecule has 0 heterocycles. The normalized spacial score (nSPS) is 19.2. The molecule has 2 atom stereocenters. The van der Waals surface area contributed by atoms with Crippen LogP contribution >= 0.6 is 17.9 Å². The molecule has 0 aliphatic heterocycles. The van der Waals surface area contributed by atoms with Crippen molar-refractivity contribution in [3.05, 3.63) is 0 Å². The maximum absolute atomic E-state index is 5.53. The van der Waals surface area contributed by atoms with Gasteiger partial charge in [-0.3, -0.25) is 0 Å². The zero-order chi connectivity index (χ0) is 10.5. The van der Waals surface area contributed by atoms with E-state index in [0.717, 1.165) is 12.8 Å². The topological polar surface area (TPSA) is 18.5 Å². The van der Waals surface area contributed by atoms with Crippen LogP contribution in [-0.2, 0) is 40.3 Å². The smallest absolute Gasteiger partial charge is 0.319 e. The molecule has 0 saturated carbocycles. The van der Waals surface area contributed by atoms with Gasteiger partial charge >= 0.3 is 19.5 Å². The average molecular weight is 308 g/mol. The first-order valence-corrected chi connectivity index (χ1v) is 8.40. The fourth-order valence-electron chi connectivity index (χ4n) is 0.629. The second-order valence-corrected chi connectivity index (χ2v) is 8.31. The van der Waals surface area contributed by atoms with Crippen LogP contribution in [0.2, 0.25) is 0 Å². The average Bonchev–Trinajstić information content (AvgIpc) is 2.02. The van der Waals surface area contributed by atoms with Gasteiger partial charge in [-0.25, -0.2) is 0 Å². The van der Waals surface area contributed by atoms with Crippen molar-refractivity contribution in [1.82, 2.24) is 0 Å². The Morgan fingerprint density at radius 1 is 1.14 bits per heavy atom. The quantitative estimate of drug-likeness (QED) is 0.458. The van der Waals surface area contributed by atoms with Crippen LogP contribution in [0.3, 0.4) is 0 Å². The van der Waals surface area contributed by atoms with Crippen molar-refractivity contribution in [2.75, 3.05) is 0 Å². The minimum atomic E-state index is -2.31. The molecule has 0 N–H and O–H groups in total. The van der Waals surface area contributed by atoms with Gasteiger partial charge in [-0.05, 0) is 38.5 Å². The van der Waals surface area contributed by atoms with Gasteiger partial charge in [0.1, 0.15) is 0 Å². The first-order valence-electron chi connectivity index (χ1n) is 4.60. The molecule has 0 aromatic heterocycles. The van der Waals surface area contributed by atoms with E-state index < -0.39 is 5.69 Å². The molecule has 0 amide bonds. The van der Waals surface area contributed by atoms with E-state index in [4.69, 9.17) is 20.9 Å². The molecule has 0 bridgehead atoms. The molecule has 0 spiro atoms. The number of hydrogen-bond acceptors (Lipinski definition) is 3. The van der Waals surface area contributed by atoms with Crippen LogP contribution in [-0.4, -0.2) is 12.2 Å². The summed E-state index contributed by atoms with van der Waals surface area (Å²) in [6, 6.07) is 0. The molecule has 0 aromatic rings. The van der Waals surface area contributed by atoms with Gasteiger partial charge in [-0.1, -0.05) is 26.1 Å². The summed E-state index contributed by atoms with van der Waals surface area (Å²) in [5.74, 6) is 0. The molecule has 0 saturated heterocycles. The SMILES string of the molecule is CCC(C)OP(=S)(S)OC(C)CC.[Zn+2]. The van der Waals surface area contributed by atoms with Gasteiger partial charge in [0.05, 0.1) is 12.2 Å². The van der Waals surface area contributed by atoms with Crippen LogP contribution in [0.25, 0.3) is 0 Å². The fraction of sp³-hybridized carbons (Fsp3) is 1.00. The summed E-state index contributed by atoms with van der Waals surface area (Å²) in [5.41, 5.74) is -2.31. The molecule has 0 fully saturated rings. The van der Waals surface area contributed by atoms with E-state index in [9.17, 15) is 0 Å². The summed E-state index contributed by atoms with van der Waals surface area (Å²) in [7, 11) is 0. The van der Waals surface area contributed by atoms with E-state index in [2.05, 4.69) is 26.1 Å². The van der Waals surface area contributed by atoms with Gasteiger partial charge in [0.2, 0.25) is 5.69 Å². The van der Waals surface area contributed by atoms with Crippen molar-refractivity contribution < 1.29 is 28.5 Å². The van der Waals surface area contributed by atoms with E-state index in [1.165, 1.54) is 0 Å². The van der Waals surface area contributed by atoms with Crippen molar-refractivity contribution in [3.8, 4) is 0 Å². The molecular formula is C8H19O2PS2Zn+2. The minimum Gasteiger partial charge on any atom is -0.319 e. The molecule has 14 heavy (non-hydrogen) atoms. The molecule has 0 rings (SSSR count). The maximum atomic E-state index is 5.53. The first-order chi connectivity index (χ1) is 5.91. The Kier molecular flexibility index (Phi) is 11.1. The number of hydrogen-bond donors (Lipinski definition) is 1. The van der Waals surface area contributed by atoms with Crippen LogP contribution in [0.15, 0.2) is 0 Å². The van der Waals surface area contributed by atoms with Crippen molar-refractivity contribution in [1.29, 1.82) is 0 Å². The Morgan fingerprint density at radius 3 is 1.64 bits per heavy atom. The summed E-state index contributed by atoms with van der Waals surface area (Å²) >= 11 is 9.41. The Bertz CT molecular complexity index is 176. The summed E-state index contributed by atoms with van der Waals surface area (Å²) in [5, 5.41) is 0. The van der Waals surface area contributed by atoms with Crippen molar-refractivity contribution in [2.24, 2.45) is 0 Å². The number of rotatable bonds is 6. The van der Waals surface area contributed by atoms with Crippen molar-refractivity contribution in [3.63, 3.8) is 0 Å². The molecule has 0 aliphatic carbocycles. The number of thiol groups is 1. The van der Waals surface area contributed by atoms with E-state index in [-0.39, 0.29) is 31.7 Å². The Hall–Kier alpha value is 1.54. The van der Waals surface area contributed by atoms with E-state index in [1.807, 2.05) is 13.8 Å².